The van der Waals surface area contributed by atoms with E-state index in [4.69, 9.17) is 4.74 Å². The Morgan fingerprint density at radius 1 is 1.60 bits per heavy atom. The quantitative estimate of drug-likeness (QED) is 0.799. The molecule has 0 amide bonds. The minimum Gasteiger partial charge on any atom is -0.357 e. The normalized spacial score (nSPS) is 22.3. The van der Waals surface area contributed by atoms with E-state index in [0.717, 1.165) is 24.3 Å². The molecule has 3 nitrogen and oxygen atoms in total. The molecule has 1 aliphatic heterocycles. The fourth-order valence-electron chi connectivity index (χ4n) is 1.72. The van der Waals surface area contributed by atoms with E-state index in [-0.39, 0.29) is 6.23 Å². The van der Waals surface area contributed by atoms with Crippen LogP contribution in [0.1, 0.15) is 31.1 Å². The second kappa shape index (κ2) is 5.37. The summed E-state index contributed by atoms with van der Waals surface area (Å²) >= 11 is 4.12. The first-order chi connectivity index (χ1) is 7.40. The van der Waals surface area contributed by atoms with E-state index in [1.165, 1.54) is 12.8 Å². The third kappa shape index (κ3) is 2.86. The van der Waals surface area contributed by atoms with Crippen molar-refractivity contribution < 1.29 is 4.74 Å². The van der Waals surface area contributed by atoms with Crippen LogP contribution in [0.15, 0.2) is 18.5 Å². The number of ether oxygens (including phenoxy) is 1. The molecule has 0 unspecified atom stereocenters. The largest absolute Gasteiger partial charge is 0.357 e. The zero-order chi connectivity index (χ0) is 10.5. The highest BCUT2D eigenvalue weighted by Gasteiger charge is 2.15. The molecule has 1 aromatic rings. The maximum absolute atomic E-state index is 5.64. The van der Waals surface area contributed by atoms with Crippen molar-refractivity contribution in [1.29, 1.82) is 0 Å². The van der Waals surface area contributed by atoms with E-state index in [1.54, 1.807) is 0 Å². The summed E-state index contributed by atoms with van der Waals surface area (Å²) in [5.74, 6) is 0.755. The van der Waals surface area contributed by atoms with Gasteiger partial charge in [-0.2, -0.15) is 17.7 Å². The standard InChI is InChI=1S/C11H16N2OS/c15-7-3-4-10-8-12-13(9-10)11-5-1-2-6-14-11/h3-4,8-9,11,15H,1-2,5-7H2/t11-/m0/s1. The van der Waals surface area contributed by atoms with Gasteiger partial charge in [0.25, 0.3) is 0 Å². The molecule has 2 rings (SSSR count). The Morgan fingerprint density at radius 2 is 2.53 bits per heavy atom. The molecule has 2 heterocycles. The van der Waals surface area contributed by atoms with Crippen LogP contribution in [0, 0.1) is 0 Å². The van der Waals surface area contributed by atoms with Gasteiger partial charge in [0.15, 0.2) is 0 Å². The first-order valence-electron chi connectivity index (χ1n) is 5.33. The van der Waals surface area contributed by atoms with Crippen LogP contribution in [0.4, 0.5) is 0 Å². The summed E-state index contributed by atoms with van der Waals surface area (Å²) in [6.45, 7) is 0.854. The van der Waals surface area contributed by atoms with Gasteiger partial charge >= 0.3 is 0 Å². The molecule has 0 bridgehead atoms. The van der Waals surface area contributed by atoms with Gasteiger partial charge in [0.2, 0.25) is 0 Å². The summed E-state index contributed by atoms with van der Waals surface area (Å²) in [5.41, 5.74) is 1.11. The van der Waals surface area contributed by atoms with E-state index in [2.05, 4.69) is 17.7 Å². The molecule has 82 valence electrons. The molecule has 0 N–H and O–H groups in total. The first-order valence-corrected chi connectivity index (χ1v) is 5.96. The van der Waals surface area contributed by atoms with E-state index < -0.39 is 0 Å². The van der Waals surface area contributed by atoms with Gasteiger partial charge in [-0.3, -0.25) is 0 Å². The van der Waals surface area contributed by atoms with E-state index in [9.17, 15) is 0 Å². The lowest BCUT2D eigenvalue weighted by Gasteiger charge is -2.22. The van der Waals surface area contributed by atoms with Crippen LogP contribution in [-0.4, -0.2) is 22.1 Å². The summed E-state index contributed by atoms with van der Waals surface area (Å²) in [6.07, 6.45) is 11.5. The van der Waals surface area contributed by atoms with Gasteiger partial charge in [0.1, 0.15) is 6.23 Å². The third-order valence-corrected chi connectivity index (χ3v) is 2.70. The van der Waals surface area contributed by atoms with Crippen LogP contribution >= 0.6 is 12.6 Å². The fourth-order valence-corrected chi connectivity index (χ4v) is 1.82. The summed E-state index contributed by atoms with van der Waals surface area (Å²) in [5, 5.41) is 4.31. The highest BCUT2D eigenvalue weighted by molar-refractivity contribution is 7.80. The van der Waals surface area contributed by atoms with Crippen molar-refractivity contribution in [2.75, 3.05) is 12.4 Å². The molecule has 0 saturated carbocycles. The molecule has 0 aromatic carbocycles. The van der Waals surface area contributed by atoms with Gasteiger partial charge in [-0.05, 0) is 19.3 Å². The van der Waals surface area contributed by atoms with Crippen molar-refractivity contribution in [3.8, 4) is 0 Å². The van der Waals surface area contributed by atoms with E-state index in [0.29, 0.717) is 0 Å². The second-order valence-electron chi connectivity index (χ2n) is 3.66. The number of hydrogen-bond donors (Lipinski definition) is 1. The Hall–Kier alpha value is -0.740. The average Bonchev–Trinajstić information content (AvgIpc) is 2.76. The Bertz CT molecular complexity index is 329. The van der Waals surface area contributed by atoms with Crippen LogP contribution in [0.25, 0.3) is 6.08 Å². The number of thiol groups is 1. The zero-order valence-electron chi connectivity index (χ0n) is 8.67. The highest BCUT2D eigenvalue weighted by Crippen LogP contribution is 2.21. The monoisotopic (exact) mass is 224 g/mol. The van der Waals surface area contributed by atoms with Crippen molar-refractivity contribution in [3.05, 3.63) is 24.0 Å². The molecule has 15 heavy (non-hydrogen) atoms. The van der Waals surface area contributed by atoms with Crippen molar-refractivity contribution in [2.45, 2.75) is 25.5 Å². The van der Waals surface area contributed by atoms with Gasteiger partial charge in [-0.15, -0.1) is 0 Å². The Balaban J connectivity index is 2.02. The minimum atomic E-state index is 0.136. The lowest BCUT2D eigenvalue weighted by molar-refractivity contribution is -0.0394. The zero-order valence-corrected chi connectivity index (χ0v) is 9.57. The van der Waals surface area contributed by atoms with Crippen molar-refractivity contribution in [3.63, 3.8) is 0 Å². The van der Waals surface area contributed by atoms with Gasteiger partial charge in [-0.25, -0.2) is 4.68 Å². The van der Waals surface area contributed by atoms with Gasteiger partial charge < -0.3 is 4.74 Å². The average molecular weight is 224 g/mol. The molecular weight excluding hydrogens is 208 g/mol. The van der Waals surface area contributed by atoms with Crippen LogP contribution in [0.3, 0.4) is 0 Å². The number of hydrogen-bond acceptors (Lipinski definition) is 3. The topological polar surface area (TPSA) is 27.1 Å². The Kier molecular flexibility index (Phi) is 3.86. The fraction of sp³-hybridized carbons (Fsp3) is 0.545. The smallest absolute Gasteiger partial charge is 0.150 e. The van der Waals surface area contributed by atoms with Crippen molar-refractivity contribution in [2.24, 2.45) is 0 Å². The maximum atomic E-state index is 5.64. The molecular formula is C11H16N2OS. The second-order valence-corrected chi connectivity index (χ2v) is 4.02. The predicted octanol–water partition coefficient (Wildman–Crippen LogP) is 2.53. The van der Waals surface area contributed by atoms with Crippen LogP contribution in [0.5, 0.6) is 0 Å². The summed E-state index contributed by atoms with van der Waals surface area (Å²) < 4.78 is 7.56. The molecule has 1 aliphatic rings. The Morgan fingerprint density at radius 3 is 3.27 bits per heavy atom. The highest BCUT2D eigenvalue weighted by atomic mass is 32.1. The number of rotatable bonds is 3. The van der Waals surface area contributed by atoms with Crippen LogP contribution in [-0.2, 0) is 4.74 Å². The predicted molar refractivity (Wildman–Crippen MR) is 64.0 cm³/mol. The van der Waals surface area contributed by atoms with Crippen LogP contribution in [0.2, 0.25) is 0 Å². The SMILES string of the molecule is SCC=Cc1cnn([C@@H]2CCCCO2)c1. The molecule has 1 aromatic heterocycles. The Labute approximate surface area is 95.5 Å². The molecule has 1 fully saturated rings. The van der Waals surface area contributed by atoms with E-state index >= 15 is 0 Å². The minimum absolute atomic E-state index is 0.136. The molecule has 4 heteroatoms. The number of nitrogens with zero attached hydrogens (tertiary/aromatic N) is 2. The summed E-state index contributed by atoms with van der Waals surface area (Å²) in [6, 6.07) is 0. The maximum Gasteiger partial charge on any atom is 0.150 e. The molecule has 0 spiro atoms. The van der Waals surface area contributed by atoms with Gasteiger partial charge in [0, 0.05) is 24.1 Å². The molecule has 1 atom stereocenters. The third-order valence-electron chi connectivity index (χ3n) is 2.49. The van der Waals surface area contributed by atoms with Crippen LogP contribution < -0.4 is 0 Å². The van der Waals surface area contributed by atoms with Crippen molar-refractivity contribution >= 4 is 18.7 Å². The number of aromatic nitrogens is 2. The summed E-state index contributed by atoms with van der Waals surface area (Å²) in [4.78, 5) is 0. The first kappa shape index (κ1) is 10.8. The summed E-state index contributed by atoms with van der Waals surface area (Å²) in [7, 11) is 0. The lowest BCUT2D eigenvalue weighted by atomic mass is 10.2. The molecule has 0 aliphatic carbocycles. The lowest BCUT2D eigenvalue weighted by Crippen LogP contribution is -2.18. The van der Waals surface area contributed by atoms with E-state index in [1.807, 2.05) is 29.2 Å². The molecule has 0 radical (unpaired) electrons. The van der Waals surface area contributed by atoms with Gasteiger partial charge in [0.05, 0.1) is 6.20 Å². The van der Waals surface area contributed by atoms with Crippen molar-refractivity contribution in [1.82, 2.24) is 9.78 Å². The molecule has 1 saturated heterocycles. The van der Waals surface area contributed by atoms with Gasteiger partial charge in [-0.1, -0.05) is 12.2 Å².